The molecule has 0 aliphatic rings. The summed E-state index contributed by atoms with van der Waals surface area (Å²) >= 11 is 0. The maximum atomic E-state index is 13.8. The molecule has 0 saturated carbocycles. The van der Waals surface area contributed by atoms with Crippen LogP contribution in [-0.4, -0.2) is 10.9 Å². The summed E-state index contributed by atoms with van der Waals surface area (Å²) in [6.07, 6.45) is 0. The molecule has 0 bridgehead atoms. The average Bonchev–Trinajstić information content (AvgIpc) is 2.61. The third kappa shape index (κ3) is 2.83. The van der Waals surface area contributed by atoms with Gasteiger partial charge in [0.2, 0.25) is 0 Å². The van der Waals surface area contributed by atoms with E-state index in [2.05, 4.69) is 10.3 Å². The lowest BCUT2D eigenvalue weighted by atomic mass is 10.1. The largest absolute Gasteiger partial charge is 0.422 e. The minimum atomic E-state index is -0.976. The second-order valence-electron chi connectivity index (χ2n) is 5.98. The van der Waals surface area contributed by atoms with Crippen molar-refractivity contribution in [1.29, 1.82) is 0 Å². The van der Waals surface area contributed by atoms with Gasteiger partial charge in [0.15, 0.2) is 0 Å². The minimum absolute atomic E-state index is 0.0726. The molecule has 2 aromatic carbocycles. The lowest BCUT2D eigenvalue weighted by molar-refractivity contribution is 0.101. The number of aryl methyl sites for hydroxylation is 1. The van der Waals surface area contributed by atoms with Gasteiger partial charge < -0.3 is 9.73 Å². The summed E-state index contributed by atoms with van der Waals surface area (Å²) in [5.41, 5.74) is -0.0401. The zero-order valence-electron chi connectivity index (χ0n) is 14.0. The van der Waals surface area contributed by atoms with Crippen molar-refractivity contribution in [2.24, 2.45) is 0 Å². The van der Waals surface area contributed by atoms with Crippen LogP contribution in [0.3, 0.4) is 0 Å². The number of carbonyl (C=O) groups excluding carboxylic acids is 1. The Morgan fingerprint density at radius 3 is 2.52 bits per heavy atom. The lowest BCUT2D eigenvalue weighted by Crippen LogP contribution is -2.17. The summed E-state index contributed by atoms with van der Waals surface area (Å²) in [5.74, 6) is -2.85. The van der Waals surface area contributed by atoms with E-state index in [1.165, 1.54) is 12.1 Å². The molecule has 1 N–H and O–H groups in total. The van der Waals surface area contributed by atoms with Gasteiger partial charge in [-0.3, -0.25) is 4.79 Å². The van der Waals surface area contributed by atoms with Crippen molar-refractivity contribution in [3.8, 4) is 0 Å². The third-order valence-corrected chi connectivity index (χ3v) is 4.20. The molecule has 5 nitrogen and oxygen atoms in total. The van der Waals surface area contributed by atoms with Gasteiger partial charge in [0.25, 0.3) is 5.91 Å². The van der Waals surface area contributed by atoms with Crippen molar-refractivity contribution >= 4 is 33.6 Å². The van der Waals surface area contributed by atoms with Crippen LogP contribution in [0.5, 0.6) is 0 Å². The van der Waals surface area contributed by atoms with Crippen LogP contribution in [0, 0.1) is 18.6 Å². The van der Waals surface area contributed by atoms with E-state index in [1.54, 1.807) is 31.2 Å². The first-order chi connectivity index (χ1) is 13.0. The van der Waals surface area contributed by atoms with Crippen molar-refractivity contribution in [1.82, 2.24) is 4.98 Å². The van der Waals surface area contributed by atoms with Gasteiger partial charge in [0, 0.05) is 5.39 Å². The number of nitrogens with zero attached hydrogens (tertiary/aromatic N) is 1. The standard InChI is InChI=1S/C20H12F2N2O3/c1-10-9-15(24-19(25)17-12(21)6-4-7-13(17)22)23-18-11-5-2-3-8-14(11)27-20(26)16(10)18/h2-9H,1H3,(H,23,24,25). The SMILES string of the molecule is Cc1cc(NC(=O)c2c(F)cccc2F)nc2c1c(=O)oc1ccccc12. The third-order valence-electron chi connectivity index (χ3n) is 4.20. The zero-order chi connectivity index (χ0) is 19.1. The summed E-state index contributed by atoms with van der Waals surface area (Å²) in [7, 11) is 0. The van der Waals surface area contributed by atoms with Gasteiger partial charge in [-0.15, -0.1) is 0 Å². The molecule has 0 radical (unpaired) electrons. The van der Waals surface area contributed by atoms with Gasteiger partial charge in [-0.2, -0.15) is 0 Å². The van der Waals surface area contributed by atoms with E-state index in [0.29, 0.717) is 22.0 Å². The first-order valence-electron chi connectivity index (χ1n) is 8.04. The molecule has 2 heterocycles. The van der Waals surface area contributed by atoms with Gasteiger partial charge in [-0.1, -0.05) is 18.2 Å². The van der Waals surface area contributed by atoms with Crippen LogP contribution in [0.2, 0.25) is 0 Å². The Balaban J connectivity index is 1.87. The van der Waals surface area contributed by atoms with Gasteiger partial charge in [-0.25, -0.2) is 18.6 Å². The number of amides is 1. The molecule has 4 rings (SSSR count). The van der Waals surface area contributed by atoms with Crippen molar-refractivity contribution in [2.75, 3.05) is 5.32 Å². The number of benzene rings is 2. The molecule has 0 fully saturated rings. The summed E-state index contributed by atoms with van der Waals surface area (Å²) < 4.78 is 32.9. The number of pyridine rings is 1. The van der Waals surface area contributed by atoms with E-state index in [4.69, 9.17) is 4.42 Å². The molecule has 0 aliphatic heterocycles. The number of rotatable bonds is 2. The molecule has 2 aromatic heterocycles. The van der Waals surface area contributed by atoms with E-state index >= 15 is 0 Å². The van der Waals surface area contributed by atoms with Crippen LogP contribution in [-0.2, 0) is 0 Å². The van der Waals surface area contributed by atoms with Gasteiger partial charge in [0.1, 0.15) is 28.6 Å². The van der Waals surface area contributed by atoms with Crippen LogP contribution in [0.4, 0.5) is 14.6 Å². The highest BCUT2D eigenvalue weighted by atomic mass is 19.1. The summed E-state index contributed by atoms with van der Waals surface area (Å²) in [4.78, 5) is 28.9. The monoisotopic (exact) mass is 366 g/mol. The number of anilines is 1. The number of fused-ring (bicyclic) bond motifs is 3. The van der Waals surface area contributed by atoms with Crippen LogP contribution in [0.1, 0.15) is 15.9 Å². The highest BCUT2D eigenvalue weighted by Gasteiger charge is 2.19. The number of para-hydroxylation sites is 1. The zero-order valence-corrected chi connectivity index (χ0v) is 14.0. The minimum Gasteiger partial charge on any atom is -0.422 e. The molecule has 1 amide bonds. The Morgan fingerprint density at radius 1 is 1.07 bits per heavy atom. The Bertz CT molecular complexity index is 1260. The Morgan fingerprint density at radius 2 is 1.78 bits per heavy atom. The Hall–Kier alpha value is -3.61. The second-order valence-corrected chi connectivity index (χ2v) is 5.98. The molecular weight excluding hydrogens is 354 g/mol. The van der Waals surface area contributed by atoms with Crippen LogP contribution in [0.15, 0.2) is 57.7 Å². The van der Waals surface area contributed by atoms with Crippen molar-refractivity contribution in [3.05, 3.63) is 81.7 Å². The highest BCUT2D eigenvalue weighted by molar-refractivity contribution is 6.07. The average molecular weight is 366 g/mol. The second kappa shape index (κ2) is 6.28. The number of hydrogen-bond donors (Lipinski definition) is 1. The van der Waals surface area contributed by atoms with E-state index in [1.807, 2.05) is 0 Å². The summed E-state index contributed by atoms with van der Waals surface area (Å²) in [6.45, 7) is 1.66. The fraction of sp³-hybridized carbons (Fsp3) is 0.0500. The lowest BCUT2D eigenvalue weighted by Gasteiger charge is -2.10. The van der Waals surface area contributed by atoms with E-state index in [9.17, 15) is 18.4 Å². The predicted molar refractivity (Wildman–Crippen MR) is 96.8 cm³/mol. The number of hydrogen-bond acceptors (Lipinski definition) is 4. The first kappa shape index (κ1) is 16.8. The predicted octanol–water partition coefficient (Wildman–Crippen LogP) is 4.18. The van der Waals surface area contributed by atoms with Crippen molar-refractivity contribution in [2.45, 2.75) is 6.92 Å². The molecule has 4 aromatic rings. The molecule has 0 aliphatic carbocycles. The Kier molecular flexibility index (Phi) is 3.92. The summed E-state index contributed by atoms with van der Waals surface area (Å²) in [5, 5.41) is 3.26. The molecule has 27 heavy (non-hydrogen) atoms. The van der Waals surface area contributed by atoms with Gasteiger partial charge >= 0.3 is 5.63 Å². The number of halogens is 2. The summed E-state index contributed by atoms with van der Waals surface area (Å²) in [6, 6.07) is 11.5. The molecule has 0 unspecified atom stereocenters. The van der Waals surface area contributed by atoms with Gasteiger partial charge in [-0.05, 0) is 42.8 Å². The molecule has 7 heteroatoms. The highest BCUT2D eigenvalue weighted by Crippen LogP contribution is 2.25. The number of nitrogens with one attached hydrogen (secondary N) is 1. The van der Waals surface area contributed by atoms with Crippen molar-refractivity contribution < 1.29 is 18.0 Å². The van der Waals surface area contributed by atoms with Gasteiger partial charge in [0.05, 0.1) is 10.9 Å². The molecule has 0 spiro atoms. The maximum Gasteiger partial charge on any atom is 0.346 e. The molecule has 0 saturated heterocycles. The fourth-order valence-corrected chi connectivity index (χ4v) is 2.98. The van der Waals surface area contributed by atoms with Crippen LogP contribution >= 0.6 is 0 Å². The van der Waals surface area contributed by atoms with E-state index in [-0.39, 0.29) is 11.2 Å². The van der Waals surface area contributed by atoms with E-state index < -0.39 is 28.7 Å². The smallest absolute Gasteiger partial charge is 0.346 e. The van der Waals surface area contributed by atoms with Crippen LogP contribution in [0.25, 0.3) is 21.9 Å². The quantitative estimate of drug-likeness (QED) is 0.427. The Labute approximate surface area is 151 Å². The van der Waals surface area contributed by atoms with E-state index in [0.717, 1.165) is 12.1 Å². The number of aromatic nitrogens is 1. The first-order valence-corrected chi connectivity index (χ1v) is 8.04. The molecule has 134 valence electrons. The fourth-order valence-electron chi connectivity index (χ4n) is 2.98. The molecular formula is C20H12F2N2O3. The topological polar surface area (TPSA) is 72.2 Å². The van der Waals surface area contributed by atoms with Crippen molar-refractivity contribution in [3.63, 3.8) is 0 Å². The maximum absolute atomic E-state index is 13.8. The molecule has 0 atom stereocenters. The van der Waals surface area contributed by atoms with Crippen LogP contribution < -0.4 is 10.9 Å². The number of carbonyl (C=O) groups is 1. The normalized spacial score (nSPS) is 11.1.